The van der Waals surface area contributed by atoms with Crippen molar-refractivity contribution in [2.75, 3.05) is 16.4 Å². The number of carbonyl (C=O) groups excluding carboxylic acids is 1. The lowest BCUT2D eigenvalue weighted by molar-refractivity contribution is -0.116. The minimum Gasteiger partial charge on any atom is -0.368 e. The van der Waals surface area contributed by atoms with Crippen LogP contribution in [-0.2, 0) is 18.3 Å². The van der Waals surface area contributed by atoms with E-state index >= 15 is 0 Å². The van der Waals surface area contributed by atoms with E-state index in [9.17, 15) is 4.79 Å². The second-order valence-corrected chi connectivity index (χ2v) is 6.08. The van der Waals surface area contributed by atoms with Gasteiger partial charge in [0.25, 0.3) is 0 Å². The van der Waals surface area contributed by atoms with Crippen LogP contribution in [0.5, 0.6) is 0 Å². The first-order chi connectivity index (χ1) is 10.1. The summed E-state index contributed by atoms with van der Waals surface area (Å²) in [6, 6.07) is 8.25. The molecule has 1 unspecified atom stereocenters. The number of anilines is 2. The molecule has 1 aromatic heterocycles. The average molecular weight is 303 g/mol. The molecule has 6 nitrogen and oxygen atoms in total. The quantitative estimate of drug-likeness (QED) is 0.869. The highest BCUT2D eigenvalue weighted by Crippen LogP contribution is 2.32. The normalized spacial score (nSPS) is 17.0. The minimum atomic E-state index is 0.0824. The molecule has 3 rings (SSSR count). The molecule has 0 fully saturated rings. The fourth-order valence-electron chi connectivity index (χ4n) is 2.59. The van der Waals surface area contributed by atoms with Gasteiger partial charge in [-0.1, -0.05) is 30.0 Å². The van der Waals surface area contributed by atoms with Gasteiger partial charge in [-0.2, -0.15) is 0 Å². The lowest BCUT2D eigenvalue weighted by Gasteiger charge is -2.22. The molecule has 0 radical (unpaired) electrons. The molecular formula is C14H17N5OS. The molecule has 1 aromatic carbocycles. The van der Waals surface area contributed by atoms with Crippen molar-refractivity contribution in [2.45, 2.75) is 24.5 Å². The predicted molar refractivity (Wildman–Crippen MR) is 83.2 cm³/mol. The number of carbonyl (C=O) groups is 1. The van der Waals surface area contributed by atoms with Crippen LogP contribution in [0.2, 0.25) is 0 Å². The Labute approximate surface area is 127 Å². The lowest BCUT2D eigenvalue weighted by Crippen LogP contribution is -2.37. The molecular weight excluding hydrogens is 286 g/mol. The van der Waals surface area contributed by atoms with Gasteiger partial charge in [0.2, 0.25) is 11.9 Å². The SMILES string of the molecule is CC1Cc2ccccc2N1C(=O)CSc1nnc(N)n1C. The maximum absolute atomic E-state index is 12.5. The van der Waals surface area contributed by atoms with E-state index in [4.69, 9.17) is 5.73 Å². The number of aromatic nitrogens is 3. The van der Waals surface area contributed by atoms with Crippen LogP contribution in [0.15, 0.2) is 29.4 Å². The van der Waals surface area contributed by atoms with Gasteiger partial charge in [0.1, 0.15) is 0 Å². The Morgan fingerprint density at radius 2 is 2.19 bits per heavy atom. The first-order valence-electron chi connectivity index (χ1n) is 6.75. The third-order valence-electron chi connectivity index (χ3n) is 3.67. The van der Waals surface area contributed by atoms with Crippen LogP contribution in [0.4, 0.5) is 11.6 Å². The fraction of sp³-hybridized carbons (Fsp3) is 0.357. The zero-order valence-electron chi connectivity index (χ0n) is 12.0. The largest absolute Gasteiger partial charge is 0.368 e. The summed E-state index contributed by atoms with van der Waals surface area (Å²) >= 11 is 1.36. The summed E-state index contributed by atoms with van der Waals surface area (Å²) in [5.74, 6) is 0.758. The summed E-state index contributed by atoms with van der Waals surface area (Å²) in [5.41, 5.74) is 7.88. The molecule has 1 atom stereocenters. The van der Waals surface area contributed by atoms with Crippen LogP contribution in [-0.4, -0.2) is 32.5 Å². The van der Waals surface area contributed by atoms with Crippen molar-refractivity contribution in [1.82, 2.24) is 14.8 Å². The molecule has 7 heteroatoms. The predicted octanol–water partition coefficient (Wildman–Crippen LogP) is 1.47. The van der Waals surface area contributed by atoms with Gasteiger partial charge in [-0.15, -0.1) is 10.2 Å². The van der Waals surface area contributed by atoms with Gasteiger partial charge in [-0.3, -0.25) is 9.36 Å². The summed E-state index contributed by atoms with van der Waals surface area (Å²) in [5, 5.41) is 8.40. The van der Waals surface area contributed by atoms with E-state index in [2.05, 4.69) is 23.2 Å². The highest BCUT2D eigenvalue weighted by Gasteiger charge is 2.30. The number of nitrogen functional groups attached to an aromatic ring is 1. The molecule has 0 aliphatic carbocycles. The van der Waals surface area contributed by atoms with Crippen LogP contribution in [0.3, 0.4) is 0 Å². The Bertz CT molecular complexity index is 684. The first-order valence-corrected chi connectivity index (χ1v) is 7.74. The average Bonchev–Trinajstić information content (AvgIpc) is 2.97. The maximum atomic E-state index is 12.5. The lowest BCUT2D eigenvalue weighted by atomic mass is 10.1. The van der Waals surface area contributed by atoms with Gasteiger partial charge in [0.15, 0.2) is 5.16 Å². The summed E-state index contributed by atoms with van der Waals surface area (Å²) in [4.78, 5) is 14.4. The van der Waals surface area contributed by atoms with Crippen LogP contribution in [0.25, 0.3) is 0 Å². The summed E-state index contributed by atoms with van der Waals surface area (Å²) < 4.78 is 1.68. The number of hydrogen-bond acceptors (Lipinski definition) is 5. The van der Waals surface area contributed by atoms with E-state index in [1.54, 1.807) is 11.6 Å². The Balaban J connectivity index is 1.73. The van der Waals surface area contributed by atoms with Gasteiger partial charge in [0.05, 0.1) is 5.75 Å². The highest BCUT2D eigenvalue weighted by molar-refractivity contribution is 7.99. The third kappa shape index (κ3) is 2.49. The number of amides is 1. The molecule has 0 saturated heterocycles. The number of fused-ring (bicyclic) bond motifs is 1. The van der Waals surface area contributed by atoms with Crippen molar-refractivity contribution in [3.8, 4) is 0 Å². The highest BCUT2D eigenvalue weighted by atomic mass is 32.2. The fourth-order valence-corrected chi connectivity index (χ4v) is 3.37. The topological polar surface area (TPSA) is 77.0 Å². The maximum Gasteiger partial charge on any atom is 0.237 e. The number of nitrogens with zero attached hydrogens (tertiary/aromatic N) is 4. The monoisotopic (exact) mass is 303 g/mol. The van der Waals surface area contributed by atoms with Crippen LogP contribution >= 0.6 is 11.8 Å². The van der Waals surface area contributed by atoms with E-state index in [1.165, 1.54) is 17.3 Å². The van der Waals surface area contributed by atoms with Crippen molar-refractivity contribution in [3.05, 3.63) is 29.8 Å². The number of benzene rings is 1. The Kier molecular flexibility index (Phi) is 3.59. The number of rotatable bonds is 3. The number of nitrogens with two attached hydrogens (primary N) is 1. The van der Waals surface area contributed by atoms with Gasteiger partial charge < -0.3 is 10.6 Å². The molecule has 0 spiro atoms. The number of thioether (sulfide) groups is 1. The van der Waals surface area contributed by atoms with Crippen molar-refractivity contribution >= 4 is 29.3 Å². The van der Waals surface area contributed by atoms with Crippen molar-refractivity contribution < 1.29 is 4.79 Å². The van der Waals surface area contributed by atoms with E-state index in [1.807, 2.05) is 23.1 Å². The molecule has 110 valence electrons. The smallest absolute Gasteiger partial charge is 0.237 e. The molecule has 1 aliphatic rings. The molecule has 1 aliphatic heterocycles. The second-order valence-electron chi connectivity index (χ2n) is 5.13. The Hall–Kier alpha value is -2.02. The summed E-state index contributed by atoms with van der Waals surface area (Å²) in [6.45, 7) is 2.07. The van der Waals surface area contributed by atoms with E-state index < -0.39 is 0 Å². The van der Waals surface area contributed by atoms with Crippen LogP contribution in [0.1, 0.15) is 12.5 Å². The third-order valence-corrected chi connectivity index (χ3v) is 4.67. The van der Waals surface area contributed by atoms with Crippen LogP contribution < -0.4 is 10.6 Å². The first kappa shape index (κ1) is 13.9. The standard InChI is InChI=1S/C14H17N5OS/c1-9-7-10-5-3-4-6-11(10)19(9)12(20)8-21-14-17-16-13(15)18(14)2/h3-6,9H,7-8H2,1-2H3,(H2,15,16). The summed E-state index contributed by atoms with van der Waals surface area (Å²) in [7, 11) is 1.79. The van der Waals surface area contributed by atoms with Gasteiger partial charge in [-0.25, -0.2) is 0 Å². The van der Waals surface area contributed by atoms with E-state index in [-0.39, 0.29) is 11.9 Å². The second kappa shape index (κ2) is 5.40. The van der Waals surface area contributed by atoms with Crippen molar-refractivity contribution in [1.29, 1.82) is 0 Å². The Morgan fingerprint density at radius 1 is 1.43 bits per heavy atom. The van der Waals surface area contributed by atoms with Gasteiger partial charge in [-0.05, 0) is 25.0 Å². The zero-order valence-corrected chi connectivity index (χ0v) is 12.8. The number of hydrogen-bond donors (Lipinski definition) is 1. The van der Waals surface area contributed by atoms with Crippen LogP contribution in [0, 0.1) is 0 Å². The summed E-state index contributed by atoms with van der Waals surface area (Å²) in [6.07, 6.45) is 0.906. The minimum absolute atomic E-state index is 0.0824. The zero-order chi connectivity index (χ0) is 15.0. The molecule has 2 N–H and O–H groups in total. The van der Waals surface area contributed by atoms with E-state index in [0.717, 1.165) is 12.1 Å². The molecule has 2 heterocycles. The molecule has 0 saturated carbocycles. The van der Waals surface area contributed by atoms with Crippen molar-refractivity contribution in [2.24, 2.45) is 7.05 Å². The molecule has 2 aromatic rings. The molecule has 1 amide bonds. The van der Waals surface area contributed by atoms with Gasteiger partial charge in [0, 0.05) is 18.8 Å². The van der Waals surface area contributed by atoms with Crippen molar-refractivity contribution in [3.63, 3.8) is 0 Å². The van der Waals surface area contributed by atoms with E-state index in [0.29, 0.717) is 16.9 Å². The molecule has 21 heavy (non-hydrogen) atoms. The van der Waals surface area contributed by atoms with Gasteiger partial charge >= 0.3 is 0 Å². The Morgan fingerprint density at radius 3 is 2.90 bits per heavy atom. The number of para-hydroxylation sites is 1. The molecule has 0 bridgehead atoms.